The number of nitrogens with zero attached hydrogens (tertiary/aromatic N) is 1. The molecular weight excluding hydrogens is 646 g/mol. The standard InChI is InChI=1S/C34H55N9O7/c1-6-12-24(41-29(45)23(35)18-22-13-9-8-10-14-22)31(47)43-28(21(5)7-2)32(48)39-19-27(44)40-25(15-11-16-38-34(36)37)30(46)42-26(33(49)50)17-20(3)4/h6,8-10,13-14,20-21,23-26,28H,1,7,11-12,15-19,35H2,2-5H3,(H,39,48)(H,40,44)(H,41,45)(H,42,46)(H,43,47)(H,49,50)(H4,36,37,38)/t21-,23-,24+,25-,26-,28-/m0/s1. The maximum Gasteiger partial charge on any atom is 0.326 e. The van der Waals surface area contributed by atoms with Crippen molar-refractivity contribution in [2.24, 2.45) is 34.0 Å². The molecule has 0 radical (unpaired) electrons. The van der Waals surface area contributed by atoms with Crippen LogP contribution in [0.2, 0.25) is 0 Å². The molecule has 50 heavy (non-hydrogen) atoms. The van der Waals surface area contributed by atoms with Crippen molar-refractivity contribution in [2.45, 2.75) is 96.4 Å². The van der Waals surface area contributed by atoms with Crippen LogP contribution in [0.25, 0.3) is 0 Å². The Hall–Kier alpha value is -4.99. The number of benzene rings is 1. The predicted molar refractivity (Wildman–Crippen MR) is 190 cm³/mol. The molecule has 5 amide bonds. The van der Waals surface area contributed by atoms with Crippen LogP contribution >= 0.6 is 0 Å². The lowest BCUT2D eigenvalue weighted by atomic mass is 9.97. The molecule has 6 atom stereocenters. The minimum Gasteiger partial charge on any atom is -0.480 e. The molecule has 0 unspecified atom stereocenters. The van der Waals surface area contributed by atoms with Gasteiger partial charge in [0.15, 0.2) is 5.96 Å². The van der Waals surface area contributed by atoms with Crippen LogP contribution in [0.5, 0.6) is 0 Å². The lowest BCUT2D eigenvalue weighted by molar-refractivity contribution is -0.142. The van der Waals surface area contributed by atoms with Crippen LogP contribution in [0.15, 0.2) is 48.0 Å². The van der Waals surface area contributed by atoms with E-state index in [1.807, 2.05) is 51.1 Å². The van der Waals surface area contributed by atoms with E-state index in [4.69, 9.17) is 17.2 Å². The van der Waals surface area contributed by atoms with Crippen molar-refractivity contribution in [1.29, 1.82) is 0 Å². The molecule has 0 aromatic heterocycles. The molecule has 16 nitrogen and oxygen atoms in total. The first-order valence-corrected chi connectivity index (χ1v) is 16.8. The number of hydrogen-bond acceptors (Lipinski definition) is 8. The first-order chi connectivity index (χ1) is 23.6. The molecule has 1 aromatic rings. The summed E-state index contributed by atoms with van der Waals surface area (Å²) >= 11 is 0. The summed E-state index contributed by atoms with van der Waals surface area (Å²) < 4.78 is 0. The molecule has 0 saturated carbocycles. The van der Waals surface area contributed by atoms with Crippen LogP contribution in [0.3, 0.4) is 0 Å². The van der Waals surface area contributed by atoms with E-state index in [1.165, 1.54) is 6.08 Å². The zero-order valence-corrected chi connectivity index (χ0v) is 29.4. The van der Waals surface area contributed by atoms with Crippen molar-refractivity contribution in [3.8, 4) is 0 Å². The summed E-state index contributed by atoms with van der Waals surface area (Å²) in [5, 5.41) is 22.4. The van der Waals surface area contributed by atoms with Crippen molar-refractivity contribution in [1.82, 2.24) is 26.6 Å². The zero-order chi connectivity index (χ0) is 37.8. The molecule has 12 N–H and O–H groups in total. The van der Waals surface area contributed by atoms with E-state index in [2.05, 4.69) is 38.2 Å². The summed E-state index contributed by atoms with van der Waals surface area (Å²) in [5.41, 5.74) is 17.7. The van der Waals surface area contributed by atoms with Crippen LogP contribution in [0.1, 0.15) is 65.4 Å². The number of carboxylic acids is 1. The largest absolute Gasteiger partial charge is 0.480 e. The fourth-order valence-electron chi connectivity index (χ4n) is 4.85. The molecule has 0 fully saturated rings. The average molecular weight is 702 g/mol. The fourth-order valence-corrected chi connectivity index (χ4v) is 4.85. The van der Waals surface area contributed by atoms with Gasteiger partial charge in [0.1, 0.15) is 24.2 Å². The van der Waals surface area contributed by atoms with E-state index in [0.29, 0.717) is 6.42 Å². The number of guanidine groups is 1. The van der Waals surface area contributed by atoms with Gasteiger partial charge in [-0.3, -0.25) is 29.0 Å². The number of amides is 5. The highest BCUT2D eigenvalue weighted by molar-refractivity contribution is 5.95. The second kappa shape index (κ2) is 22.6. The van der Waals surface area contributed by atoms with Gasteiger partial charge >= 0.3 is 5.97 Å². The van der Waals surface area contributed by atoms with Crippen molar-refractivity contribution < 1.29 is 33.9 Å². The van der Waals surface area contributed by atoms with E-state index in [-0.39, 0.29) is 56.4 Å². The van der Waals surface area contributed by atoms with Crippen molar-refractivity contribution in [3.63, 3.8) is 0 Å². The summed E-state index contributed by atoms with van der Waals surface area (Å²) in [5.74, 6) is -5.05. The number of carboxylic acid groups (broad SMARTS) is 1. The van der Waals surface area contributed by atoms with Crippen LogP contribution in [-0.4, -0.2) is 89.9 Å². The van der Waals surface area contributed by atoms with Crippen LogP contribution in [0.4, 0.5) is 0 Å². The molecule has 16 heteroatoms. The quantitative estimate of drug-likeness (QED) is 0.0303. The topological polar surface area (TPSA) is 273 Å². The van der Waals surface area contributed by atoms with Crippen LogP contribution < -0.4 is 43.8 Å². The molecule has 278 valence electrons. The monoisotopic (exact) mass is 701 g/mol. The van der Waals surface area contributed by atoms with Gasteiger partial charge in [-0.1, -0.05) is 70.5 Å². The number of aliphatic carboxylic acids is 1. The third-order valence-electron chi connectivity index (χ3n) is 7.81. The molecule has 0 saturated heterocycles. The van der Waals surface area contributed by atoms with E-state index in [0.717, 1.165) is 5.56 Å². The van der Waals surface area contributed by atoms with E-state index in [1.54, 1.807) is 6.92 Å². The molecule has 1 aromatic carbocycles. The smallest absolute Gasteiger partial charge is 0.326 e. The molecule has 0 heterocycles. The van der Waals surface area contributed by atoms with Crippen LogP contribution in [0, 0.1) is 11.8 Å². The summed E-state index contributed by atoms with van der Waals surface area (Å²) in [4.78, 5) is 81.1. The number of nitrogens with two attached hydrogens (primary N) is 3. The Balaban J connectivity index is 2.96. The van der Waals surface area contributed by atoms with Gasteiger partial charge in [0.2, 0.25) is 29.5 Å². The average Bonchev–Trinajstić information content (AvgIpc) is 3.06. The molecule has 0 bridgehead atoms. The summed E-state index contributed by atoms with van der Waals surface area (Å²) in [6.45, 7) is 10.5. The minimum atomic E-state index is -1.21. The molecule has 0 aliphatic carbocycles. The fraction of sp³-hybridized carbons (Fsp3) is 0.559. The minimum absolute atomic E-state index is 0.0268. The van der Waals surface area contributed by atoms with Gasteiger partial charge < -0.3 is 48.9 Å². The van der Waals surface area contributed by atoms with Crippen molar-refractivity contribution in [3.05, 3.63) is 48.6 Å². The van der Waals surface area contributed by atoms with Gasteiger partial charge in [-0.25, -0.2) is 4.79 Å². The zero-order valence-electron chi connectivity index (χ0n) is 29.4. The number of carbonyl (C=O) groups is 6. The molecule has 0 aliphatic heterocycles. The third kappa shape index (κ3) is 16.4. The summed E-state index contributed by atoms with van der Waals surface area (Å²) in [6, 6.07) is 3.79. The highest BCUT2D eigenvalue weighted by atomic mass is 16.4. The highest BCUT2D eigenvalue weighted by Gasteiger charge is 2.31. The molecule has 0 aliphatic rings. The number of carbonyl (C=O) groups excluding carboxylic acids is 5. The van der Waals surface area contributed by atoms with Crippen molar-refractivity contribution in [2.75, 3.05) is 13.1 Å². The Morgan fingerprint density at radius 1 is 0.880 bits per heavy atom. The number of aliphatic imine (C=N–C) groups is 1. The Morgan fingerprint density at radius 3 is 2.06 bits per heavy atom. The summed E-state index contributed by atoms with van der Waals surface area (Å²) in [7, 11) is 0. The van der Waals surface area contributed by atoms with Gasteiger partial charge in [0.05, 0.1) is 12.6 Å². The number of nitrogens with one attached hydrogen (secondary N) is 5. The lowest BCUT2D eigenvalue weighted by Crippen LogP contribution is -2.58. The number of hydrogen-bond donors (Lipinski definition) is 9. The Kier molecular flexibility index (Phi) is 19.5. The van der Waals surface area contributed by atoms with Crippen molar-refractivity contribution >= 4 is 41.5 Å². The maximum atomic E-state index is 13.3. The third-order valence-corrected chi connectivity index (χ3v) is 7.81. The summed E-state index contributed by atoms with van der Waals surface area (Å²) in [6.07, 6.45) is 2.81. The predicted octanol–water partition coefficient (Wildman–Crippen LogP) is -0.582. The Morgan fingerprint density at radius 2 is 1.50 bits per heavy atom. The van der Waals surface area contributed by atoms with Crippen LogP contribution in [-0.2, 0) is 35.2 Å². The van der Waals surface area contributed by atoms with Gasteiger partial charge in [-0.2, -0.15) is 0 Å². The second-order valence-electron chi connectivity index (χ2n) is 12.6. The maximum absolute atomic E-state index is 13.3. The molecule has 1 rings (SSSR count). The normalized spacial score (nSPS) is 14.4. The first kappa shape index (κ1) is 43.0. The van der Waals surface area contributed by atoms with E-state index in [9.17, 15) is 33.9 Å². The van der Waals surface area contributed by atoms with Gasteiger partial charge in [-0.15, -0.1) is 6.58 Å². The first-order valence-electron chi connectivity index (χ1n) is 16.8. The highest BCUT2D eigenvalue weighted by Crippen LogP contribution is 2.10. The lowest BCUT2D eigenvalue weighted by Gasteiger charge is -2.27. The Labute approximate surface area is 293 Å². The molecular formula is C34H55N9O7. The van der Waals surface area contributed by atoms with E-state index >= 15 is 0 Å². The Bertz CT molecular complexity index is 1320. The SMILES string of the molecule is C=CC[C@@H](NC(=O)[C@@H](N)Cc1ccccc1)C(=O)N[C@H](C(=O)NCC(=O)N[C@@H](CCCN=C(N)N)C(=O)N[C@@H](CC(C)C)C(=O)O)[C@@H](C)CC. The van der Waals surface area contributed by atoms with Gasteiger partial charge in [-0.05, 0) is 49.5 Å². The second-order valence-corrected chi connectivity index (χ2v) is 12.6. The van der Waals surface area contributed by atoms with Gasteiger partial charge in [0, 0.05) is 6.54 Å². The number of rotatable bonds is 23. The van der Waals surface area contributed by atoms with Gasteiger partial charge in [0.25, 0.3) is 0 Å². The van der Waals surface area contributed by atoms with E-state index < -0.39 is 72.3 Å². The molecule has 0 spiro atoms.